The van der Waals surface area contributed by atoms with Gasteiger partial charge in [0.2, 0.25) is 10.0 Å². The summed E-state index contributed by atoms with van der Waals surface area (Å²) in [5.41, 5.74) is -0.0230. The molecule has 0 spiro atoms. The van der Waals surface area contributed by atoms with Crippen LogP contribution < -0.4 is 0 Å². The molecule has 0 radical (unpaired) electrons. The van der Waals surface area contributed by atoms with Crippen LogP contribution in [0.2, 0.25) is 0 Å². The average molecular weight is 282 g/mol. The number of rotatable bonds is 4. The standard InChI is InChI=1S/C13H18N2O3S/c1-15(11-7-3-2-4-8-11)19(17,18)13-10-6-5-9-12(13)14-16/h5-6,9-11H,2-4,7-8H2,1H3. The van der Waals surface area contributed by atoms with E-state index in [9.17, 15) is 13.3 Å². The van der Waals surface area contributed by atoms with Gasteiger partial charge in [0.1, 0.15) is 10.6 Å². The quantitative estimate of drug-likeness (QED) is 0.797. The molecular weight excluding hydrogens is 264 g/mol. The van der Waals surface area contributed by atoms with Crippen LogP contribution in [0.25, 0.3) is 0 Å². The summed E-state index contributed by atoms with van der Waals surface area (Å²) in [5, 5.41) is 2.81. The molecule has 5 nitrogen and oxygen atoms in total. The zero-order chi connectivity index (χ0) is 13.9. The normalized spacial score (nSPS) is 17.6. The zero-order valence-electron chi connectivity index (χ0n) is 10.9. The van der Waals surface area contributed by atoms with Crippen molar-refractivity contribution in [2.75, 3.05) is 7.05 Å². The molecule has 0 aromatic heterocycles. The fraction of sp³-hybridized carbons (Fsp3) is 0.538. The first-order valence-electron chi connectivity index (χ1n) is 6.48. The van der Waals surface area contributed by atoms with Crippen molar-refractivity contribution in [2.45, 2.75) is 43.0 Å². The maximum atomic E-state index is 12.5. The van der Waals surface area contributed by atoms with Crippen molar-refractivity contribution < 1.29 is 8.42 Å². The summed E-state index contributed by atoms with van der Waals surface area (Å²) in [6, 6.07) is 6.10. The van der Waals surface area contributed by atoms with E-state index in [1.165, 1.54) is 16.4 Å². The minimum absolute atomic E-state index is 0.00178. The molecule has 0 unspecified atom stereocenters. The van der Waals surface area contributed by atoms with Crippen molar-refractivity contribution in [1.29, 1.82) is 0 Å². The lowest BCUT2D eigenvalue weighted by Gasteiger charge is -2.30. The monoisotopic (exact) mass is 282 g/mol. The Morgan fingerprint density at radius 1 is 1.16 bits per heavy atom. The molecule has 0 heterocycles. The molecule has 0 amide bonds. The van der Waals surface area contributed by atoms with Crippen LogP contribution >= 0.6 is 0 Å². The molecule has 1 saturated carbocycles. The lowest BCUT2D eigenvalue weighted by molar-refractivity contribution is 0.286. The van der Waals surface area contributed by atoms with Crippen molar-refractivity contribution in [3.05, 3.63) is 29.2 Å². The van der Waals surface area contributed by atoms with Gasteiger partial charge in [0.25, 0.3) is 0 Å². The van der Waals surface area contributed by atoms with Crippen molar-refractivity contribution in [3.8, 4) is 0 Å². The van der Waals surface area contributed by atoms with Gasteiger partial charge in [0, 0.05) is 13.1 Å². The van der Waals surface area contributed by atoms with Gasteiger partial charge < -0.3 is 0 Å². The molecule has 0 bridgehead atoms. The Balaban J connectivity index is 2.33. The highest BCUT2D eigenvalue weighted by Crippen LogP contribution is 2.30. The van der Waals surface area contributed by atoms with Gasteiger partial charge >= 0.3 is 0 Å². The summed E-state index contributed by atoms with van der Waals surface area (Å²) in [5.74, 6) is 0. The van der Waals surface area contributed by atoms with Crippen LogP contribution in [0.15, 0.2) is 34.3 Å². The Bertz CT molecular complexity index is 551. The summed E-state index contributed by atoms with van der Waals surface area (Å²) >= 11 is 0. The van der Waals surface area contributed by atoms with Gasteiger partial charge in [-0.05, 0) is 30.2 Å². The highest BCUT2D eigenvalue weighted by Gasteiger charge is 2.30. The molecule has 1 aliphatic carbocycles. The van der Waals surface area contributed by atoms with Crippen molar-refractivity contribution in [1.82, 2.24) is 4.31 Å². The van der Waals surface area contributed by atoms with Gasteiger partial charge in [-0.2, -0.15) is 4.31 Å². The zero-order valence-corrected chi connectivity index (χ0v) is 11.8. The van der Waals surface area contributed by atoms with E-state index >= 15 is 0 Å². The molecule has 0 saturated heterocycles. The first kappa shape index (κ1) is 14.1. The minimum Gasteiger partial charge on any atom is -0.207 e. The van der Waals surface area contributed by atoms with Gasteiger partial charge in [-0.3, -0.25) is 0 Å². The Morgan fingerprint density at radius 2 is 1.79 bits per heavy atom. The van der Waals surface area contributed by atoms with Crippen molar-refractivity contribution >= 4 is 15.7 Å². The first-order chi connectivity index (χ1) is 9.07. The number of hydrogen-bond acceptors (Lipinski definition) is 4. The minimum atomic E-state index is -3.64. The van der Waals surface area contributed by atoms with E-state index in [4.69, 9.17) is 0 Å². The lowest BCUT2D eigenvalue weighted by Crippen LogP contribution is -2.38. The molecular formula is C13H18N2O3S. The summed E-state index contributed by atoms with van der Waals surface area (Å²) in [4.78, 5) is 10.7. The van der Waals surface area contributed by atoms with Crippen LogP contribution in [0.1, 0.15) is 32.1 Å². The summed E-state index contributed by atoms with van der Waals surface area (Å²) in [6.07, 6.45) is 5.03. The first-order valence-corrected chi connectivity index (χ1v) is 7.92. The number of nitrogens with zero attached hydrogens (tertiary/aromatic N) is 2. The molecule has 0 atom stereocenters. The van der Waals surface area contributed by atoms with E-state index in [0.29, 0.717) is 0 Å². The van der Waals surface area contributed by atoms with E-state index in [2.05, 4.69) is 5.18 Å². The van der Waals surface area contributed by atoms with Gasteiger partial charge in [0.15, 0.2) is 0 Å². The smallest absolute Gasteiger partial charge is 0.207 e. The van der Waals surface area contributed by atoms with E-state index in [1.807, 2.05) is 0 Å². The van der Waals surface area contributed by atoms with Gasteiger partial charge in [0.05, 0.1) is 0 Å². The second-order valence-corrected chi connectivity index (χ2v) is 6.84. The second kappa shape index (κ2) is 5.79. The highest BCUT2D eigenvalue weighted by atomic mass is 32.2. The number of nitroso groups, excluding NO2 is 1. The van der Waals surface area contributed by atoms with Crippen molar-refractivity contribution in [3.63, 3.8) is 0 Å². The molecule has 19 heavy (non-hydrogen) atoms. The fourth-order valence-electron chi connectivity index (χ4n) is 2.55. The molecule has 1 aromatic carbocycles. The Morgan fingerprint density at radius 3 is 2.42 bits per heavy atom. The van der Waals surface area contributed by atoms with Crippen LogP contribution in [0.4, 0.5) is 5.69 Å². The van der Waals surface area contributed by atoms with Crippen LogP contribution in [0.5, 0.6) is 0 Å². The maximum absolute atomic E-state index is 12.5. The predicted octanol–water partition coefficient (Wildman–Crippen LogP) is 3.04. The van der Waals surface area contributed by atoms with E-state index in [-0.39, 0.29) is 16.6 Å². The van der Waals surface area contributed by atoms with Crippen LogP contribution in [-0.2, 0) is 10.0 Å². The maximum Gasteiger partial charge on any atom is 0.245 e. The second-order valence-electron chi connectivity index (χ2n) is 4.87. The largest absolute Gasteiger partial charge is 0.245 e. The molecule has 104 valence electrons. The number of hydrogen-bond donors (Lipinski definition) is 0. The topological polar surface area (TPSA) is 66.8 Å². The van der Waals surface area contributed by atoms with Crippen molar-refractivity contribution in [2.24, 2.45) is 5.18 Å². The van der Waals surface area contributed by atoms with Crippen LogP contribution in [0, 0.1) is 4.91 Å². The Labute approximate surface area is 113 Å². The Kier molecular flexibility index (Phi) is 4.31. The summed E-state index contributed by atoms with van der Waals surface area (Å²) in [6.45, 7) is 0. The molecule has 2 rings (SSSR count). The molecule has 1 aromatic rings. The number of sulfonamides is 1. The predicted molar refractivity (Wildman–Crippen MR) is 73.7 cm³/mol. The third-order valence-electron chi connectivity index (χ3n) is 3.71. The molecule has 6 heteroatoms. The fourth-order valence-corrected chi connectivity index (χ4v) is 4.08. The SMILES string of the molecule is CN(C1CCCCC1)S(=O)(=O)c1ccccc1N=O. The van der Waals surface area contributed by atoms with Gasteiger partial charge in [-0.25, -0.2) is 8.42 Å². The lowest BCUT2D eigenvalue weighted by atomic mass is 9.96. The summed E-state index contributed by atoms with van der Waals surface area (Å²) < 4.78 is 26.5. The average Bonchev–Trinajstić information content (AvgIpc) is 2.47. The van der Waals surface area contributed by atoms with Crippen LogP contribution in [-0.4, -0.2) is 25.8 Å². The Hall–Kier alpha value is -1.27. The molecule has 1 fully saturated rings. The van der Waals surface area contributed by atoms with Gasteiger partial charge in [-0.15, -0.1) is 4.91 Å². The molecule has 0 aliphatic heterocycles. The highest BCUT2D eigenvalue weighted by molar-refractivity contribution is 7.89. The molecule has 1 aliphatic rings. The third kappa shape index (κ3) is 2.84. The number of benzene rings is 1. The van der Waals surface area contributed by atoms with E-state index in [1.54, 1.807) is 19.2 Å². The van der Waals surface area contributed by atoms with E-state index < -0.39 is 10.0 Å². The van der Waals surface area contributed by atoms with Gasteiger partial charge in [-0.1, -0.05) is 31.4 Å². The third-order valence-corrected chi connectivity index (χ3v) is 5.67. The van der Waals surface area contributed by atoms with Crippen LogP contribution in [0.3, 0.4) is 0 Å². The summed E-state index contributed by atoms with van der Waals surface area (Å²) in [7, 11) is -2.05. The van der Waals surface area contributed by atoms with E-state index in [0.717, 1.165) is 32.1 Å². The molecule has 0 N–H and O–H groups in total.